The van der Waals surface area contributed by atoms with E-state index in [-0.39, 0.29) is 17.1 Å². The van der Waals surface area contributed by atoms with E-state index in [9.17, 15) is 9.59 Å². The van der Waals surface area contributed by atoms with Crippen LogP contribution in [-0.4, -0.2) is 31.1 Å². The highest BCUT2D eigenvalue weighted by atomic mass is 35.5. The number of carbonyl (C=O) groups excluding carboxylic acids is 1. The molecule has 1 unspecified atom stereocenters. The van der Waals surface area contributed by atoms with Gasteiger partial charge < -0.3 is 14.1 Å². The highest BCUT2D eigenvalue weighted by molar-refractivity contribution is 6.30. The highest BCUT2D eigenvalue weighted by Gasteiger charge is 2.42. The van der Waals surface area contributed by atoms with E-state index in [2.05, 4.69) is 0 Å². The van der Waals surface area contributed by atoms with E-state index < -0.39 is 6.04 Å². The first-order chi connectivity index (χ1) is 13.0. The molecule has 0 aliphatic carbocycles. The first-order valence-electron chi connectivity index (χ1n) is 8.64. The van der Waals surface area contributed by atoms with Crippen LogP contribution in [0.15, 0.2) is 51.7 Å². The average molecular weight is 384 g/mol. The summed E-state index contributed by atoms with van der Waals surface area (Å²) in [5.74, 6) is -0.218. The molecule has 138 valence electrons. The molecule has 0 N–H and O–H groups in total. The van der Waals surface area contributed by atoms with Gasteiger partial charge in [-0.2, -0.15) is 0 Å². The van der Waals surface area contributed by atoms with Gasteiger partial charge in [0.2, 0.25) is 5.76 Å². The van der Waals surface area contributed by atoms with Gasteiger partial charge in [0.25, 0.3) is 5.91 Å². The lowest BCUT2D eigenvalue weighted by Gasteiger charge is -2.24. The van der Waals surface area contributed by atoms with Crippen LogP contribution < -0.4 is 5.43 Å². The lowest BCUT2D eigenvalue weighted by molar-refractivity contribution is 0.0663. The number of halogens is 1. The number of ether oxygens (including phenoxy) is 1. The molecule has 1 amide bonds. The molecule has 0 saturated carbocycles. The SMILES string of the molecule is COCCN1C(=O)c2oc3ccc(C)cc3c(=O)c2C1c1cccc(Cl)c1. The van der Waals surface area contributed by atoms with Gasteiger partial charge in [0, 0.05) is 18.7 Å². The molecule has 1 aliphatic rings. The molecule has 1 aromatic heterocycles. The van der Waals surface area contributed by atoms with Gasteiger partial charge >= 0.3 is 0 Å². The molecule has 1 aliphatic heterocycles. The van der Waals surface area contributed by atoms with E-state index in [0.717, 1.165) is 11.1 Å². The lowest BCUT2D eigenvalue weighted by Crippen LogP contribution is -2.32. The van der Waals surface area contributed by atoms with Crippen LogP contribution in [0.5, 0.6) is 0 Å². The maximum atomic E-state index is 13.3. The molecule has 2 aromatic carbocycles. The Hall–Kier alpha value is -2.63. The number of carbonyl (C=O) groups is 1. The number of hydrogen-bond donors (Lipinski definition) is 0. The Balaban J connectivity index is 1.99. The summed E-state index contributed by atoms with van der Waals surface area (Å²) in [6, 6.07) is 12.0. The van der Waals surface area contributed by atoms with Crippen LogP contribution in [0.2, 0.25) is 5.02 Å². The Morgan fingerprint density at radius 2 is 2.00 bits per heavy atom. The summed E-state index contributed by atoms with van der Waals surface area (Å²) in [5, 5.41) is 1.02. The monoisotopic (exact) mass is 383 g/mol. The van der Waals surface area contributed by atoms with Crippen molar-refractivity contribution in [1.82, 2.24) is 4.90 Å². The second kappa shape index (κ2) is 6.83. The Morgan fingerprint density at radius 3 is 2.74 bits per heavy atom. The Kier molecular flexibility index (Phi) is 4.50. The van der Waals surface area contributed by atoms with Crippen molar-refractivity contribution < 1.29 is 13.9 Å². The Labute approximate surface area is 161 Å². The second-order valence-corrected chi connectivity index (χ2v) is 7.06. The molecule has 0 saturated heterocycles. The third kappa shape index (κ3) is 2.93. The summed E-state index contributed by atoms with van der Waals surface area (Å²) in [6.07, 6.45) is 0. The molecular formula is C21H18ClNO4. The van der Waals surface area contributed by atoms with Crippen LogP contribution in [0, 0.1) is 6.92 Å². The smallest absolute Gasteiger partial charge is 0.290 e. The van der Waals surface area contributed by atoms with Gasteiger partial charge in [0.15, 0.2) is 5.43 Å². The largest absolute Gasteiger partial charge is 0.450 e. The summed E-state index contributed by atoms with van der Waals surface area (Å²) >= 11 is 6.16. The van der Waals surface area contributed by atoms with Gasteiger partial charge in [-0.25, -0.2) is 0 Å². The van der Waals surface area contributed by atoms with Crippen molar-refractivity contribution in [3.8, 4) is 0 Å². The third-order valence-corrected chi connectivity index (χ3v) is 5.06. The van der Waals surface area contributed by atoms with E-state index in [1.807, 2.05) is 19.1 Å². The number of fused-ring (bicyclic) bond motifs is 2. The van der Waals surface area contributed by atoms with E-state index in [4.69, 9.17) is 20.8 Å². The van der Waals surface area contributed by atoms with Gasteiger partial charge in [-0.3, -0.25) is 9.59 Å². The zero-order valence-electron chi connectivity index (χ0n) is 15.0. The van der Waals surface area contributed by atoms with Crippen LogP contribution in [0.3, 0.4) is 0 Å². The van der Waals surface area contributed by atoms with Crippen molar-refractivity contribution in [3.63, 3.8) is 0 Å². The molecule has 1 atom stereocenters. The van der Waals surface area contributed by atoms with E-state index >= 15 is 0 Å². The predicted molar refractivity (Wildman–Crippen MR) is 103 cm³/mol. The summed E-state index contributed by atoms with van der Waals surface area (Å²) in [6.45, 7) is 2.60. The summed E-state index contributed by atoms with van der Waals surface area (Å²) in [7, 11) is 1.57. The van der Waals surface area contributed by atoms with Crippen molar-refractivity contribution >= 4 is 28.5 Å². The Bertz CT molecular complexity index is 1110. The molecule has 0 spiro atoms. The normalized spacial score (nSPS) is 16.2. The summed E-state index contributed by atoms with van der Waals surface area (Å²) < 4.78 is 11.0. The molecule has 2 heterocycles. The van der Waals surface area contributed by atoms with Crippen molar-refractivity contribution in [3.05, 3.63) is 80.2 Å². The van der Waals surface area contributed by atoms with Gasteiger partial charge in [-0.05, 0) is 36.8 Å². The number of nitrogens with zero attached hydrogens (tertiary/aromatic N) is 1. The second-order valence-electron chi connectivity index (χ2n) is 6.62. The van der Waals surface area contributed by atoms with Crippen molar-refractivity contribution in [1.29, 1.82) is 0 Å². The molecule has 6 heteroatoms. The van der Waals surface area contributed by atoms with E-state index in [1.165, 1.54) is 0 Å². The molecule has 0 bridgehead atoms. The van der Waals surface area contributed by atoms with Crippen molar-refractivity contribution in [2.24, 2.45) is 0 Å². The van der Waals surface area contributed by atoms with Crippen molar-refractivity contribution in [2.45, 2.75) is 13.0 Å². The van der Waals surface area contributed by atoms with E-state index in [1.54, 1.807) is 42.3 Å². The zero-order chi connectivity index (χ0) is 19.1. The molecule has 3 aromatic rings. The number of benzene rings is 2. The van der Waals surface area contributed by atoms with Gasteiger partial charge in [-0.1, -0.05) is 35.4 Å². The van der Waals surface area contributed by atoms with Gasteiger partial charge in [0.1, 0.15) is 5.58 Å². The van der Waals surface area contributed by atoms with Crippen LogP contribution in [0.4, 0.5) is 0 Å². The minimum atomic E-state index is -0.553. The maximum absolute atomic E-state index is 13.3. The summed E-state index contributed by atoms with van der Waals surface area (Å²) in [5.41, 5.74) is 2.31. The fourth-order valence-corrected chi connectivity index (χ4v) is 3.78. The number of amides is 1. The topological polar surface area (TPSA) is 59.8 Å². The van der Waals surface area contributed by atoms with Crippen LogP contribution in [0.25, 0.3) is 11.0 Å². The number of methoxy groups -OCH3 is 1. The van der Waals surface area contributed by atoms with Gasteiger partial charge in [-0.15, -0.1) is 0 Å². The first-order valence-corrected chi connectivity index (χ1v) is 9.02. The third-order valence-electron chi connectivity index (χ3n) is 4.82. The summed E-state index contributed by atoms with van der Waals surface area (Å²) in [4.78, 5) is 27.9. The molecule has 0 fully saturated rings. The molecule has 27 heavy (non-hydrogen) atoms. The standard InChI is InChI=1S/C21H18ClNO4/c1-12-6-7-16-15(10-12)19(24)17-18(13-4-3-5-14(22)11-13)23(8-9-26-2)21(25)20(17)27-16/h3-7,10-11,18H,8-9H2,1-2H3. The number of rotatable bonds is 4. The first kappa shape index (κ1) is 17.8. The maximum Gasteiger partial charge on any atom is 0.290 e. The minimum Gasteiger partial charge on any atom is -0.450 e. The molecular weight excluding hydrogens is 366 g/mol. The predicted octanol–water partition coefficient (Wildman–Crippen LogP) is 3.95. The lowest BCUT2D eigenvalue weighted by atomic mass is 9.98. The van der Waals surface area contributed by atoms with E-state index in [0.29, 0.717) is 34.7 Å². The highest BCUT2D eigenvalue weighted by Crippen LogP contribution is 2.38. The minimum absolute atomic E-state index is 0.0948. The number of aryl methyl sites for hydroxylation is 1. The fourth-order valence-electron chi connectivity index (χ4n) is 3.58. The molecule has 5 nitrogen and oxygen atoms in total. The number of hydrogen-bond acceptors (Lipinski definition) is 4. The van der Waals surface area contributed by atoms with Gasteiger partial charge in [0.05, 0.1) is 23.6 Å². The van der Waals surface area contributed by atoms with Crippen LogP contribution in [0.1, 0.15) is 33.3 Å². The quantitative estimate of drug-likeness (QED) is 0.684. The van der Waals surface area contributed by atoms with Crippen LogP contribution in [-0.2, 0) is 4.74 Å². The fraction of sp³-hybridized carbons (Fsp3) is 0.238. The van der Waals surface area contributed by atoms with Crippen molar-refractivity contribution in [2.75, 3.05) is 20.3 Å². The molecule has 4 rings (SSSR count). The average Bonchev–Trinajstić information content (AvgIpc) is 2.93. The zero-order valence-corrected chi connectivity index (χ0v) is 15.7. The Morgan fingerprint density at radius 1 is 1.19 bits per heavy atom. The van der Waals surface area contributed by atoms with Crippen LogP contribution >= 0.6 is 11.6 Å². The molecule has 0 radical (unpaired) electrons.